The van der Waals surface area contributed by atoms with E-state index < -0.39 is 17.3 Å². The van der Waals surface area contributed by atoms with Crippen LogP contribution < -0.4 is 14.8 Å². The second-order valence-corrected chi connectivity index (χ2v) is 10.3. The lowest BCUT2D eigenvalue weighted by atomic mass is 9.84. The first kappa shape index (κ1) is 28.4. The number of amides is 1. The first-order chi connectivity index (χ1) is 17.4. The Morgan fingerprint density at radius 3 is 2.43 bits per heavy atom. The van der Waals surface area contributed by atoms with Crippen LogP contribution in [0.3, 0.4) is 0 Å². The van der Waals surface area contributed by atoms with Gasteiger partial charge in [0.05, 0.1) is 36.7 Å². The monoisotopic (exact) mass is 530 g/mol. The number of nitrogens with zero attached hydrogens (tertiary/aromatic N) is 1. The third kappa shape index (κ3) is 6.97. The van der Waals surface area contributed by atoms with E-state index in [-0.39, 0.29) is 30.2 Å². The van der Waals surface area contributed by atoms with Crippen molar-refractivity contribution in [1.82, 2.24) is 10.3 Å². The predicted molar refractivity (Wildman–Crippen MR) is 141 cm³/mol. The summed E-state index contributed by atoms with van der Waals surface area (Å²) in [5.74, 6) is -0.214. The number of aromatic nitrogens is 1. The summed E-state index contributed by atoms with van der Waals surface area (Å²) < 4.78 is 24.4. The van der Waals surface area contributed by atoms with Crippen molar-refractivity contribution in [2.45, 2.75) is 38.7 Å². The van der Waals surface area contributed by atoms with Gasteiger partial charge in [0.1, 0.15) is 18.0 Å². The maximum atomic E-state index is 13.7. The van der Waals surface area contributed by atoms with Gasteiger partial charge in [-0.1, -0.05) is 32.4 Å². The molecule has 3 N–H and O–H groups in total. The summed E-state index contributed by atoms with van der Waals surface area (Å²) in [5, 5.41) is 23.0. The molecule has 1 atom stereocenters. The Morgan fingerprint density at radius 2 is 1.81 bits per heavy atom. The molecule has 198 valence electrons. The van der Waals surface area contributed by atoms with E-state index in [2.05, 4.69) is 10.3 Å². The molecule has 0 aliphatic carbocycles. The highest BCUT2D eigenvalue weighted by Crippen LogP contribution is 2.32. The average Bonchev–Trinajstić information content (AvgIpc) is 2.86. The van der Waals surface area contributed by atoms with Gasteiger partial charge in [-0.25, -0.2) is 9.37 Å². The molecule has 0 spiro atoms. The third-order valence-corrected chi connectivity index (χ3v) is 6.12. The first-order valence-electron chi connectivity index (χ1n) is 11.8. The zero-order chi connectivity index (χ0) is 27.4. The van der Waals surface area contributed by atoms with Gasteiger partial charge in [-0.3, -0.25) is 4.79 Å². The number of hydrogen-bond donors (Lipinski definition) is 3. The van der Waals surface area contributed by atoms with E-state index >= 15 is 0 Å². The number of nitrogens with one attached hydrogen (secondary N) is 1. The fourth-order valence-electron chi connectivity index (χ4n) is 3.57. The van der Waals surface area contributed by atoms with Crippen LogP contribution in [-0.4, -0.2) is 48.0 Å². The summed E-state index contributed by atoms with van der Waals surface area (Å²) >= 11 is 5.99. The number of carbonyl (C=O) groups excluding carboxylic acids is 1. The van der Waals surface area contributed by atoms with Gasteiger partial charge in [0.15, 0.2) is 11.5 Å². The van der Waals surface area contributed by atoms with E-state index in [0.717, 1.165) is 5.56 Å². The van der Waals surface area contributed by atoms with Crippen molar-refractivity contribution in [3.8, 4) is 22.8 Å². The molecule has 1 amide bonds. The molecule has 9 heteroatoms. The zero-order valence-corrected chi connectivity index (χ0v) is 22.3. The molecule has 1 unspecified atom stereocenters. The molecule has 3 aromatic rings. The van der Waals surface area contributed by atoms with Crippen LogP contribution in [0.4, 0.5) is 4.39 Å². The van der Waals surface area contributed by atoms with Crippen molar-refractivity contribution >= 4 is 17.5 Å². The molecule has 0 saturated carbocycles. The molecule has 0 fully saturated rings. The minimum Gasteiger partial charge on any atom is -0.493 e. The van der Waals surface area contributed by atoms with Crippen LogP contribution in [0.15, 0.2) is 48.5 Å². The van der Waals surface area contributed by atoms with E-state index in [1.807, 2.05) is 26.8 Å². The Balaban J connectivity index is 1.88. The summed E-state index contributed by atoms with van der Waals surface area (Å²) in [6.07, 6.45) is 0. The largest absolute Gasteiger partial charge is 0.493 e. The lowest BCUT2D eigenvalue weighted by Gasteiger charge is -2.27. The fourth-order valence-corrected chi connectivity index (χ4v) is 3.75. The smallest absolute Gasteiger partial charge is 0.251 e. The van der Waals surface area contributed by atoms with Crippen molar-refractivity contribution < 1.29 is 28.9 Å². The minimum atomic E-state index is -1.52. The van der Waals surface area contributed by atoms with Gasteiger partial charge in [0.25, 0.3) is 5.91 Å². The number of ether oxygens (including phenoxy) is 2. The van der Waals surface area contributed by atoms with E-state index in [9.17, 15) is 14.3 Å². The summed E-state index contributed by atoms with van der Waals surface area (Å²) in [7, 11) is 1.45. The Kier molecular flexibility index (Phi) is 8.79. The van der Waals surface area contributed by atoms with Crippen LogP contribution in [0.2, 0.25) is 5.02 Å². The molecule has 0 radical (unpaired) electrons. The van der Waals surface area contributed by atoms with Crippen LogP contribution in [0.5, 0.6) is 11.5 Å². The normalized spacial score (nSPS) is 13.1. The Morgan fingerprint density at radius 1 is 1.08 bits per heavy atom. The molecule has 0 saturated heterocycles. The summed E-state index contributed by atoms with van der Waals surface area (Å²) in [5.41, 5.74) is 0.898. The van der Waals surface area contributed by atoms with Crippen molar-refractivity contribution in [2.75, 3.05) is 26.9 Å². The zero-order valence-electron chi connectivity index (χ0n) is 21.6. The Labute approximate surface area is 221 Å². The second-order valence-electron chi connectivity index (χ2n) is 9.90. The number of pyridine rings is 1. The molecular weight excluding hydrogens is 499 g/mol. The topological polar surface area (TPSA) is 101 Å². The predicted octanol–water partition coefficient (Wildman–Crippen LogP) is 4.86. The van der Waals surface area contributed by atoms with E-state index in [1.165, 1.54) is 25.3 Å². The van der Waals surface area contributed by atoms with Crippen molar-refractivity contribution in [3.05, 3.63) is 76.2 Å². The Hall–Kier alpha value is -3.20. The standard InChI is InChI=1S/C28H32ClFN2O5/c1-27(2,3)19-14-22(17-6-8-21(30)20(29)12-17)32-25(15-19)28(4,35)16-31-26(34)18-7-9-23(37-11-10-33)24(13-18)36-5/h6-9,12-15,33,35H,10-11,16H2,1-5H3,(H,31,34). The van der Waals surface area contributed by atoms with E-state index in [4.69, 9.17) is 26.2 Å². The van der Waals surface area contributed by atoms with E-state index in [0.29, 0.717) is 34.0 Å². The van der Waals surface area contributed by atoms with Gasteiger partial charge in [-0.2, -0.15) is 0 Å². The van der Waals surface area contributed by atoms with Gasteiger partial charge in [0, 0.05) is 11.1 Å². The molecule has 1 heterocycles. The summed E-state index contributed by atoms with van der Waals surface area (Å²) in [4.78, 5) is 17.5. The number of rotatable bonds is 9. The number of halogens is 2. The molecule has 2 aromatic carbocycles. The molecule has 1 aromatic heterocycles. The first-order valence-corrected chi connectivity index (χ1v) is 12.1. The third-order valence-electron chi connectivity index (χ3n) is 5.83. The van der Waals surface area contributed by atoms with Gasteiger partial charge in [-0.15, -0.1) is 0 Å². The lowest BCUT2D eigenvalue weighted by Crippen LogP contribution is -2.39. The Bertz CT molecular complexity index is 1270. The molecule has 0 aliphatic rings. The quantitative estimate of drug-likeness (QED) is 0.365. The SMILES string of the molecule is COc1cc(C(=O)NCC(C)(O)c2cc(C(C)(C)C)cc(-c3ccc(F)c(Cl)c3)n2)ccc1OCCO. The molecule has 0 aliphatic heterocycles. The van der Waals surface area contributed by atoms with Gasteiger partial charge < -0.3 is 25.0 Å². The molecule has 0 bridgehead atoms. The minimum absolute atomic E-state index is 0.0238. The maximum absolute atomic E-state index is 13.7. The van der Waals surface area contributed by atoms with E-state index in [1.54, 1.807) is 31.2 Å². The highest BCUT2D eigenvalue weighted by molar-refractivity contribution is 6.31. The number of aliphatic hydroxyl groups is 2. The van der Waals surface area contributed by atoms with Crippen LogP contribution in [0.25, 0.3) is 11.3 Å². The second kappa shape index (κ2) is 11.5. The highest BCUT2D eigenvalue weighted by Gasteiger charge is 2.29. The molecule has 37 heavy (non-hydrogen) atoms. The average molecular weight is 531 g/mol. The molecular formula is C28H32ClFN2O5. The van der Waals surface area contributed by atoms with Crippen LogP contribution in [0.1, 0.15) is 49.3 Å². The fraction of sp³-hybridized carbons (Fsp3) is 0.357. The van der Waals surface area contributed by atoms with Gasteiger partial charge >= 0.3 is 0 Å². The molecule has 3 rings (SSSR count). The van der Waals surface area contributed by atoms with Crippen molar-refractivity contribution in [2.24, 2.45) is 0 Å². The highest BCUT2D eigenvalue weighted by atomic mass is 35.5. The summed E-state index contributed by atoms with van der Waals surface area (Å²) in [6.45, 7) is 7.48. The van der Waals surface area contributed by atoms with Crippen LogP contribution >= 0.6 is 11.6 Å². The van der Waals surface area contributed by atoms with Crippen LogP contribution in [0, 0.1) is 5.82 Å². The number of aliphatic hydroxyl groups excluding tert-OH is 1. The van der Waals surface area contributed by atoms with Gasteiger partial charge in [0.2, 0.25) is 0 Å². The van der Waals surface area contributed by atoms with Crippen LogP contribution in [-0.2, 0) is 11.0 Å². The van der Waals surface area contributed by atoms with Gasteiger partial charge in [-0.05, 0) is 66.4 Å². The summed E-state index contributed by atoms with van der Waals surface area (Å²) in [6, 6.07) is 12.7. The molecule has 7 nitrogen and oxygen atoms in total. The van der Waals surface area contributed by atoms with Crippen molar-refractivity contribution in [3.63, 3.8) is 0 Å². The number of hydrogen-bond acceptors (Lipinski definition) is 6. The number of methoxy groups -OCH3 is 1. The lowest BCUT2D eigenvalue weighted by molar-refractivity contribution is 0.0489. The maximum Gasteiger partial charge on any atom is 0.251 e. The number of benzene rings is 2. The van der Waals surface area contributed by atoms with Crippen molar-refractivity contribution in [1.29, 1.82) is 0 Å². The number of carbonyl (C=O) groups is 1.